The summed E-state index contributed by atoms with van der Waals surface area (Å²) in [6.45, 7) is 6.72. The van der Waals surface area contributed by atoms with Crippen molar-refractivity contribution in [2.24, 2.45) is 0 Å². The number of pyridine rings is 2. The number of likely N-dealkylation sites (tertiary alicyclic amines) is 1. The second-order valence-corrected chi connectivity index (χ2v) is 9.34. The van der Waals surface area contributed by atoms with Gasteiger partial charge in [0.1, 0.15) is 11.8 Å². The molecule has 0 bridgehead atoms. The molecule has 2 atom stereocenters. The van der Waals surface area contributed by atoms with Crippen LogP contribution in [0.3, 0.4) is 0 Å². The first-order valence-electron chi connectivity index (χ1n) is 12.4. The van der Waals surface area contributed by atoms with E-state index in [1.165, 1.54) is 11.1 Å². The van der Waals surface area contributed by atoms with Gasteiger partial charge < -0.3 is 20.1 Å². The molecule has 5 heterocycles. The third-order valence-electron chi connectivity index (χ3n) is 6.29. The van der Waals surface area contributed by atoms with E-state index in [-0.39, 0.29) is 25.2 Å². The van der Waals surface area contributed by atoms with Crippen LogP contribution in [0.15, 0.2) is 36.9 Å². The predicted octanol–water partition coefficient (Wildman–Crippen LogP) is 2.53. The predicted molar refractivity (Wildman–Crippen MR) is 137 cm³/mol. The molecule has 13 nitrogen and oxygen atoms in total. The number of nitriles is 1. The third kappa shape index (κ3) is 4.85. The van der Waals surface area contributed by atoms with Crippen molar-refractivity contribution < 1.29 is 14.6 Å². The first kappa shape index (κ1) is 25.1. The second kappa shape index (κ2) is 10.4. The van der Waals surface area contributed by atoms with Gasteiger partial charge in [0.05, 0.1) is 43.3 Å². The number of nitrogens with zero attached hydrogens (tertiary/aromatic N) is 9. The molecule has 5 rings (SSSR count). The number of hydrogen-bond acceptors (Lipinski definition) is 10. The van der Waals surface area contributed by atoms with Crippen molar-refractivity contribution in [2.75, 3.05) is 25.0 Å². The molecule has 1 aliphatic heterocycles. The van der Waals surface area contributed by atoms with E-state index in [1.807, 2.05) is 19.9 Å². The molecule has 1 saturated heterocycles. The molecule has 196 valence electrons. The zero-order chi connectivity index (χ0) is 26.8. The number of piperidine rings is 1. The quantitative estimate of drug-likeness (QED) is 0.390. The Morgan fingerprint density at radius 2 is 2.13 bits per heavy atom. The molecule has 4 aromatic heterocycles. The number of β-amino-alcohol motifs (C(OH)–C–C–N with tert-alkyl or cyclic N) is 1. The molecular formula is C25H28N10O3. The number of anilines is 1. The lowest BCUT2D eigenvalue weighted by Gasteiger charge is -2.34. The van der Waals surface area contributed by atoms with E-state index in [4.69, 9.17) is 10.00 Å². The summed E-state index contributed by atoms with van der Waals surface area (Å²) >= 11 is 0. The van der Waals surface area contributed by atoms with Crippen LogP contribution < -0.4 is 5.32 Å². The Balaban J connectivity index is 1.43. The summed E-state index contributed by atoms with van der Waals surface area (Å²) in [7, 11) is 0. The van der Waals surface area contributed by atoms with Crippen molar-refractivity contribution in [3.05, 3.63) is 42.5 Å². The molecular weight excluding hydrogens is 488 g/mol. The summed E-state index contributed by atoms with van der Waals surface area (Å²) in [6, 6.07) is 5.49. The van der Waals surface area contributed by atoms with E-state index in [0.717, 1.165) is 16.6 Å². The highest BCUT2D eigenvalue weighted by molar-refractivity contribution is 5.79. The van der Waals surface area contributed by atoms with E-state index in [9.17, 15) is 9.90 Å². The summed E-state index contributed by atoms with van der Waals surface area (Å²) in [5.41, 5.74) is 3.17. The SMILES string of the molecule is CCOC(=O)N1CC[C@@H](n2cc(-c3cnc(-n4ncc5cc(C#N)cnc54)cc3NC(C)C)nn2)[C@@H](O)C1. The Morgan fingerprint density at radius 1 is 1.29 bits per heavy atom. The van der Waals surface area contributed by atoms with E-state index in [0.29, 0.717) is 35.7 Å². The molecule has 1 amide bonds. The second-order valence-electron chi connectivity index (χ2n) is 9.34. The molecule has 1 fully saturated rings. The minimum atomic E-state index is -0.807. The van der Waals surface area contributed by atoms with Crippen LogP contribution in [0.5, 0.6) is 0 Å². The fraction of sp³-hybridized carbons (Fsp3) is 0.400. The lowest BCUT2D eigenvalue weighted by molar-refractivity contribution is 0.0168. The smallest absolute Gasteiger partial charge is 0.409 e. The highest BCUT2D eigenvalue weighted by atomic mass is 16.6. The van der Waals surface area contributed by atoms with Crippen LogP contribution in [0.25, 0.3) is 28.1 Å². The van der Waals surface area contributed by atoms with Crippen LogP contribution in [0, 0.1) is 11.3 Å². The monoisotopic (exact) mass is 516 g/mol. The van der Waals surface area contributed by atoms with Crippen molar-refractivity contribution in [1.82, 2.24) is 39.6 Å². The maximum Gasteiger partial charge on any atom is 0.409 e. The number of aromatic nitrogens is 7. The van der Waals surface area contributed by atoms with Crippen molar-refractivity contribution >= 4 is 22.8 Å². The van der Waals surface area contributed by atoms with Gasteiger partial charge in [-0.3, -0.25) is 0 Å². The maximum absolute atomic E-state index is 12.0. The Kier molecular flexibility index (Phi) is 6.89. The van der Waals surface area contributed by atoms with Gasteiger partial charge in [0, 0.05) is 47.7 Å². The minimum absolute atomic E-state index is 0.124. The highest BCUT2D eigenvalue weighted by Gasteiger charge is 2.33. The zero-order valence-electron chi connectivity index (χ0n) is 21.3. The minimum Gasteiger partial charge on any atom is -0.450 e. The fourth-order valence-corrected chi connectivity index (χ4v) is 4.52. The first-order chi connectivity index (χ1) is 18.4. The summed E-state index contributed by atoms with van der Waals surface area (Å²) in [5.74, 6) is 0.554. The topological polar surface area (TPSA) is 160 Å². The van der Waals surface area contributed by atoms with Crippen LogP contribution in [0.1, 0.15) is 38.8 Å². The standard InChI is InChI=1S/C25H28N10O3/c1-4-38-25(37)33-6-5-21(22(36)14-33)34-13-20(31-32-34)18-12-27-23(8-19(18)30-15(2)3)35-24-17(11-29-35)7-16(9-26)10-28-24/h7-8,10-13,15,21-22,36H,4-6,14H2,1-3H3,(H,27,30)/t21-,22+/m1/s1. The van der Waals surface area contributed by atoms with Crippen LogP contribution in [-0.2, 0) is 4.74 Å². The molecule has 0 spiro atoms. The highest BCUT2D eigenvalue weighted by Crippen LogP contribution is 2.31. The van der Waals surface area contributed by atoms with Gasteiger partial charge in [0.2, 0.25) is 0 Å². The van der Waals surface area contributed by atoms with Gasteiger partial charge in [0.15, 0.2) is 11.5 Å². The van der Waals surface area contributed by atoms with Crippen molar-refractivity contribution in [3.63, 3.8) is 0 Å². The zero-order valence-corrected chi connectivity index (χ0v) is 21.3. The first-order valence-corrected chi connectivity index (χ1v) is 12.4. The molecule has 0 aliphatic carbocycles. The van der Waals surface area contributed by atoms with Crippen LogP contribution in [-0.4, -0.2) is 82.7 Å². The van der Waals surface area contributed by atoms with Gasteiger partial charge in [0.25, 0.3) is 0 Å². The summed E-state index contributed by atoms with van der Waals surface area (Å²) in [4.78, 5) is 22.5. The van der Waals surface area contributed by atoms with Crippen LogP contribution in [0.2, 0.25) is 0 Å². The van der Waals surface area contributed by atoms with E-state index >= 15 is 0 Å². The van der Waals surface area contributed by atoms with Crippen molar-refractivity contribution in [3.8, 4) is 23.1 Å². The van der Waals surface area contributed by atoms with E-state index in [1.54, 1.807) is 40.9 Å². The number of nitrogens with one attached hydrogen (secondary N) is 1. The van der Waals surface area contributed by atoms with Crippen molar-refractivity contribution in [2.45, 2.75) is 45.4 Å². The largest absolute Gasteiger partial charge is 0.450 e. The van der Waals surface area contributed by atoms with Gasteiger partial charge in [-0.1, -0.05) is 5.21 Å². The van der Waals surface area contributed by atoms with E-state index in [2.05, 4.69) is 36.8 Å². The van der Waals surface area contributed by atoms with Crippen molar-refractivity contribution in [1.29, 1.82) is 5.26 Å². The van der Waals surface area contributed by atoms with Gasteiger partial charge in [-0.2, -0.15) is 15.0 Å². The molecule has 0 unspecified atom stereocenters. The number of aliphatic hydroxyl groups is 1. The molecule has 38 heavy (non-hydrogen) atoms. The Bertz CT molecular complexity index is 1500. The third-order valence-corrected chi connectivity index (χ3v) is 6.29. The van der Waals surface area contributed by atoms with Crippen LogP contribution >= 0.6 is 0 Å². The normalized spacial score (nSPS) is 17.5. The van der Waals surface area contributed by atoms with Gasteiger partial charge >= 0.3 is 6.09 Å². The lowest BCUT2D eigenvalue weighted by atomic mass is 10.0. The number of fused-ring (bicyclic) bond motifs is 1. The number of rotatable bonds is 6. The fourth-order valence-electron chi connectivity index (χ4n) is 4.52. The average molecular weight is 517 g/mol. The van der Waals surface area contributed by atoms with E-state index < -0.39 is 12.2 Å². The number of hydrogen-bond donors (Lipinski definition) is 2. The Morgan fingerprint density at radius 3 is 2.87 bits per heavy atom. The summed E-state index contributed by atoms with van der Waals surface area (Å²) in [6.07, 6.45) is 5.92. The molecule has 0 aromatic carbocycles. The molecule has 4 aromatic rings. The number of amides is 1. The Labute approximate surface area is 218 Å². The van der Waals surface area contributed by atoms with Crippen LogP contribution in [0.4, 0.5) is 10.5 Å². The molecule has 0 radical (unpaired) electrons. The number of ether oxygens (including phenoxy) is 1. The number of carbonyl (C=O) groups is 1. The van der Waals surface area contributed by atoms with Gasteiger partial charge in [-0.25, -0.2) is 19.4 Å². The number of carbonyl (C=O) groups excluding carboxylic acids is 1. The average Bonchev–Trinajstić information content (AvgIpc) is 3.55. The van der Waals surface area contributed by atoms with Gasteiger partial charge in [-0.05, 0) is 33.3 Å². The number of aliphatic hydroxyl groups excluding tert-OH is 1. The Hall–Kier alpha value is -4.57. The molecule has 1 aliphatic rings. The maximum atomic E-state index is 12.0. The molecule has 13 heteroatoms. The van der Waals surface area contributed by atoms with Gasteiger partial charge in [-0.15, -0.1) is 5.10 Å². The lowest BCUT2D eigenvalue weighted by Crippen LogP contribution is -2.47. The summed E-state index contributed by atoms with van der Waals surface area (Å²) < 4.78 is 8.32. The summed E-state index contributed by atoms with van der Waals surface area (Å²) in [5, 5.41) is 37.1. The molecule has 0 saturated carbocycles. The molecule has 2 N–H and O–H groups in total.